The number of rotatable bonds is 6. The molecule has 2 fully saturated rings. The molecule has 1 aliphatic heterocycles. The fourth-order valence-electron chi connectivity index (χ4n) is 3.40. The lowest BCUT2D eigenvalue weighted by atomic mass is 10.1. The van der Waals surface area contributed by atoms with Crippen LogP contribution < -0.4 is 5.56 Å². The van der Waals surface area contributed by atoms with Gasteiger partial charge in [0.15, 0.2) is 10.8 Å². The minimum absolute atomic E-state index is 0.0827. The Morgan fingerprint density at radius 3 is 3.04 bits per heavy atom. The predicted octanol–water partition coefficient (Wildman–Crippen LogP) is 2.27. The highest BCUT2D eigenvalue weighted by molar-refractivity contribution is 7.99. The smallest absolute Gasteiger partial charge is 0.258 e. The molecule has 8 nitrogen and oxygen atoms in total. The molecule has 4 heterocycles. The molecule has 1 amide bonds. The Morgan fingerprint density at radius 2 is 2.18 bits per heavy atom. The van der Waals surface area contributed by atoms with E-state index in [0.29, 0.717) is 47.1 Å². The van der Waals surface area contributed by atoms with Crippen LogP contribution in [0, 0.1) is 0 Å². The van der Waals surface area contributed by atoms with E-state index in [-0.39, 0.29) is 17.4 Å². The summed E-state index contributed by atoms with van der Waals surface area (Å²) in [6.45, 7) is 1.35. The summed E-state index contributed by atoms with van der Waals surface area (Å²) in [5.74, 6) is 3.11. The Bertz CT molecular complexity index is 1070. The van der Waals surface area contributed by atoms with E-state index in [2.05, 4.69) is 15.1 Å². The van der Waals surface area contributed by atoms with Crippen LogP contribution in [0.15, 0.2) is 27.0 Å². The highest BCUT2D eigenvalue weighted by atomic mass is 32.2. The summed E-state index contributed by atoms with van der Waals surface area (Å²) >= 11 is 2.91. The lowest BCUT2D eigenvalue weighted by molar-refractivity contribution is -0.127. The molecule has 1 unspecified atom stereocenters. The molecule has 0 N–H and O–H groups in total. The predicted molar refractivity (Wildman–Crippen MR) is 106 cm³/mol. The van der Waals surface area contributed by atoms with Gasteiger partial charge in [0.25, 0.3) is 5.56 Å². The van der Waals surface area contributed by atoms with Gasteiger partial charge in [-0.05, 0) is 19.3 Å². The number of hydrogen-bond donors (Lipinski definition) is 0. The molecule has 146 valence electrons. The summed E-state index contributed by atoms with van der Waals surface area (Å²) in [6, 6.07) is 1.54. The highest BCUT2D eigenvalue weighted by Gasteiger charge is 2.34. The Labute approximate surface area is 169 Å². The average Bonchev–Trinajstić information content (AvgIpc) is 3.11. The van der Waals surface area contributed by atoms with Gasteiger partial charge in [0.2, 0.25) is 11.8 Å². The molecule has 1 aliphatic carbocycles. The third-order valence-electron chi connectivity index (χ3n) is 5.12. The lowest BCUT2D eigenvalue weighted by Gasteiger charge is -2.15. The number of thiazole rings is 1. The molecule has 0 bridgehead atoms. The van der Waals surface area contributed by atoms with Gasteiger partial charge >= 0.3 is 0 Å². The van der Waals surface area contributed by atoms with Gasteiger partial charge < -0.3 is 9.42 Å². The van der Waals surface area contributed by atoms with Crippen molar-refractivity contribution in [3.63, 3.8) is 0 Å². The van der Waals surface area contributed by atoms with Crippen LogP contribution in [0.25, 0.3) is 4.96 Å². The van der Waals surface area contributed by atoms with Crippen LogP contribution in [0.3, 0.4) is 0 Å². The number of fused-ring (bicyclic) bond motifs is 1. The van der Waals surface area contributed by atoms with Gasteiger partial charge in [0.1, 0.15) is 0 Å². The highest BCUT2D eigenvalue weighted by Crippen LogP contribution is 2.39. The van der Waals surface area contributed by atoms with E-state index in [0.717, 1.165) is 25.1 Å². The van der Waals surface area contributed by atoms with Crippen LogP contribution in [0.4, 0.5) is 0 Å². The first-order chi connectivity index (χ1) is 13.7. The summed E-state index contributed by atoms with van der Waals surface area (Å²) in [4.78, 5) is 36.1. The number of carbonyl (C=O) groups excluding carboxylic acids is 1. The molecular formula is C18H19N5O3S2. The number of amides is 1. The molecule has 0 radical (unpaired) electrons. The molecule has 1 saturated heterocycles. The molecular weight excluding hydrogens is 398 g/mol. The van der Waals surface area contributed by atoms with Crippen molar-refractivity contribution in [2.24, 2.45) is 0 Å². The average molecular weight is 418 g/mol. The zero-order valence-corrected chi connectivity index (χ0v) is 16.7. The molecule has 1 saturated carbocycles. The first-order valence-corrected chi connectivity index (χ1v) is 11.4. The maximum atomic E-state index is 12.5. The maximum Gasteiger partial charge on any atom is 0.258 e. The molecule has 0 aromatic carbocycles. The SMILES string of the molecule is O=C(CSCc1cc(=O)n2ccsc2n1)N1CCC(c2nc(C3CC3)no2)C1. The van der Waals surface area contributed by atoms with E-state index in [9.17, 15) is 9.59 Å². The van der Waals surface area contributed by atoms with Gasteiger partial charge in [0, 0.05) is 42.4 Å². The van der Waals surface area contributed by atoms with Crippen molar-refractivity contribution >= 4 is 34.0 Å². The number of carbonyl (C=O) groups is 1. The van der Waals surface area contributed by atoms with Gasteiger partial charge in [0.05, 0.1) is 17.4 Å². The lowest BCUT2D eigenvalue weighted by Crippen LogP contribution is -2.30. The first-order valence-electron chi connectivity index (χ1n) is 9.32. The van der Waals surface area contributed by atoms with Crippen molar-refractivity contribution in [2.45, 2.75) is 36.9 Å². The van der Waals surface area contributed by atoms with Crippen LogP contribution in [0.5, 0.6) is 0 Å². The molecule has 0 spiro atoms. The molecule has 28 heavy (non-hydrogen) atoms. The third kappa shape index (κ3) is 3.58. The van der Waals surface area contributed by atoms with E-state index >= 15 is 0 Å². The second-order valence-electron chi connectivity index (χ2n) is 7.22. The zero-order valence-electron chi connectivity index (χ0n) is 15.1. The van der Waals surface area contributed by atoms with E-state index in [1.54, 1.807) is 6.20 Å². The van der Waals surface area contributed by atoms with E-state index in [1.807, 2.05) is 10.3 Å². The molecule has 3 aromatic rings. The quantitative estimate of drug-likeness (QED) is 0.607. The maximum absolute atomic E-state index is 12.5. The van der Waals surface area contributed by atoms with E-state index in [4.69, 9.17) is 4.52 Å². The van der Waals surface area contributed by atoms with Crippen molar-refractivity contribution in [1.29, 1.82) is 0 Å². The van der Waals surface area contributed by atoms with Crippen molar-refractivity contribution in [2.75, 3.05) is 18.8 Å². The monoisotopic (exact) mass is 417 g/mol. The number of thioether (sulfide) groups is 1. The van der Waals surface area contributed by atoms with Crippen molar-refractivity contribution in [1.82, 2.24) is 24.4 Å². The standard InChI is InChI=1S/C18H19N5O3S2/c24-14-7-13(19-18-23(14)5-6-28-18)9-27-10-15(25)22-4-3-12(8-22)17-20-16(21-26-17)11-1-2-11/h5-7,11-12H,1-4,8-10H2. The van der Waals surface area contributed by atoms with E-state index in [1.165, 1.54) is 33.6 Å². The van der Waals surface area contributed by atoms with Crippen LogP contribution in [-0.4, -0.2) is 49.2 Å². The van der Waals surface area contributed by atoms with Crippen molar-refractivity contribution < 1.29 is 9.32 Å². The number of likely N-dealkylation sites (tertiary alicyclic amines) is 1. The number of nitrogens with zero attached hydrogens (tertiary/aromatic N) is 5. The summed E-state index contributed by atoms with van der Waals surface area (Å²) in [5.41, 5.74) is 0.628. The fourth-order valence-corrected chi connectivity index (χ4v) is 4.96. The Hall–Kier alpha value is -2.20. The molecule has 3 aromatic heterocycles. The normalized spacial score (nSPS) is 19.6. The summed E-state index contributed by atoms with van der Waals surface area (Å²) < 4.78 is 6.94. The summed E-state index contributed by atoms with van der Waals surface area (Å²) in [6.07, 6.45) is 4.87. The van der Waals surface area contributed by atoms with Crippen molar-refractivity contribution in [3.8, 4) is 0 Å². The van der Waals surface area contributed by atoms with Gasteiger partial charge in [-0.1, -0.05) is 5.16 Å². The van der Waals surface area contributed by atoms with Crippen LogP contribution >= 0.6 is 23.1 Å². The third-order valence-corrected chi connectivity index (χ3v) is 6.83. The van der Waals surface area contributed by atoms with Gasteiger partial charge in [-0.15, -0.1) is 23.1 Å². The molecule has 1 atom stereocenters. The molecule has 2 aliphatic rings. The van der Waals surface area contributed by atoms with Gasteiger partial charge in [-0.2, -0.15) is 4.98 Å². The van der Waals surface area contributed by atoms with Crippen LogP contribution in [-0.2, 0) is 10.5 Å². The number of hydrogen-bond acceptors (Lipinski definition) is 8. The Morgan fingerprint density at radius 1 is 1.29 bits per heavy atom. The van der Waals surface area contributed by atoms with Crippen molar-refractivity contribution in [3.05, 3.63) is 45.4 Å². The largest absolute Gasteiger partial charge is 0.341 e. The van der Waals surface area contributed by atoms with Gasteiger partial charge in [-0.25, -0.2) is 4.98 Å². The van der Waals surface area contributed by atoms with Crippen LogP contribution in [0.2, 0.25) is 0 Å². The van der Waals surface area contributed by atoms with Crippen LogP contribution in [0.1, 0.15) is 48.5 Å². The minimum Gasteiger partial charge on any atom is -0.341 e. The molecule has 5 rings (SSSR count). The zero-order chi connectivity index (χ0) is 19.1. The second-order valence-corrected chi connectivity index (χ2v) is 9.08. The topological polar surface area (TPSA) is 93.6 Å². The molecule has 10 heteroatoms. The fraction of sp³-hybridized carbons (Fsp3) is 0.500. The minimum atomic E-state index is -0.0827. The first kappa shape index (κ1) is 17.9. The van der Waals surface area contributed by atoms with Gasteiger partial charge in [-0.3, -0.25) is 14.0 Å². The van der Waals surface area contributed by atoms with E-state index < -0.39 is 0 Å². The summed E-state index contributed by atoms with van der Waals surface area (Å²) in [7, 11) is 0. The second kappa shape index (κ2) is 7.32. The Kier molecular flexibility index (Phi) is 4.67. The Balaban J connectivity index is 1.14. The number of aromatic nitrogens is 4. The summed E-state index contributed by atoms with van der Waals surface area (Å²) in [5, 5.41) is 5.91.